The number of amides is 1. The Morgan fingerprint density at radius 3 is 2.39 bits per heavy atom. The number of hydrogen-bond donors (Lipinski definition) is 1. The van der Waals surface area contributed by atoms with E-state index in [1.165, 1.54) is 11.8 Å². The molecular weight excluding hydrogens is 250 g/mol. The van der Waals surface area contributed by atoms with Gasteiger partial charge in [0.25, 0.3) is 0 Å². The Morgan fingerprint density at radius 2 is 1.83 bits per heavy atom. The van der Waals surface area contributed by atoms with Crippen molar-refractivity contribution in [2.75, 3.05) is 18.8 Å². The molecule has 0 aromatic heterocycles. The molecule has 1 aromatic rings. The van der Waals surface area contributed by atoms with E-state index >= 15 is 0 Å². The van der Waals surface area contributed by atoms with Crippen molar-refractivity contribution in [3.05, 3.63) is 29.8 Å². The van der Waals surface area contributed by atoms with Gasteiger partial charge in [-0.2, -0.15) is 0 Å². The van der Waals surface area contributed by atoms with Crippen LogP contribution in [0, 0.1) is 0 Å². The van der Waals surface area contributed by atoms with Crippen LogP contribution in [0.25, 0.3) is 0 Å². The van der Waals surface area contributed by atoms with E-state index in [1.54, 1.807) is 29.2 Å². The zero-order valence-corrected chi connectivity index (χ0v) is 11.4. The van der Waals surface area contributed by atoms with Crippen molar-refractivity contribution in [3.8, 4) is 0 Å². The summed E-state index contributed by atoms with van der Waals surface area (Å²) in [6.07, 6.45) is 0. The molecule has 0 aliphatic carbocycles. The smallest absolute Gasteiger partial charge is 0.336 e. The number of carbonyl (C=O) groups excluding carboxylic acids is 1. The van der Waals surface area contributed by atoms with Gasteiger partial charge >= 0.3 is 5.97 Å². The fraction of sp³-hybridized carbons (Fsp3) is 0.385. The fourth-order valence-corrected chi connectivity index (χ4v) is 2.52. The van der Waals surface area contributed by atoms with Crippen LogP contribution in [0.1, 0.15) is 24.2 Å². The summed E-state index contributed by atoms with van der Waals surface area (Å²) in [7, 11) is 0. The first kappa shape index (κ1) is 14.6. The zero-order valence-electron chi connectivity index (χ0n) is 10.5. The molecule has 18 heavy (non-hydrogen) atoms. The molecule has 98 valence electrons. The highest BCUT2D eigenvalue weighted by Crippen LogP contribution is 2.22. The first-order valence-corrected chi connectivity index (χ1v) is 6.81. The summed E-state index contributed by atoms with van der Waals surface area (Å²) in [6, 6.07) is 6.73. The van der Waals surface area contributed by atoms with Crippen LogP contribution < -0.4 is 0 Å². The Morgan fingerprint density at radius 1 is 1.22 bits per heavy atom. The van der Waals surface area contributed by atoms with Gasteiger partial charge in [0.2, 0.25) is 5.91 Å². The lowest BCUT2D eigenvalue weighted by molar-refractivity contribution is -0.127. The second kappa shape index (κ2) is 7.06. The van der Waals surface area contributed by atoms with Gasteiger partial charge in [-0.25, -0.2) is 4.79 Å². The number of hydrogen-bond acceptors (Lipinski definition) is 3. The molecule has 0 saturated carbocycles. The van der Waals surface area contributed by atoms with E-state index in [4.69, 9.17) is 5.11 Å². The molecule has 0 atom stereocenters. The molecular formula is C13H17NO3S. The van der Waals surface area contributed by atoms with Crippen molar-refractivity contribution in [2.24, 2.45) is 0 Å². The molecule has 4 nitrogen and oxygen atoms in total. The lowest BCUT2D eigenvalue weighted by atomic mass is 10.2. The summed E-state index contributed by atoms with van der Waals surface area (Å²) >= 11 is 1.27. The second-order valence-corrected chi connectivity index (χ2v) is 4.67. The number of carboxylic acid groups (broad SMARTS) is 1. The van der Waals surface area contributed by atoms with Crippen molar-refractivity contribution < 1.29 is 14.7 Å². The molecule has 0 heterocycles. The summed E-state index contributed by atoms with van der Waals surface area (Å²) < 4.78 is 0. The number of benzene rings is 1. The van der Waals surface area contributed by atoms with Crippen LogP contribution in [0.4, 0.5) is 0 Å². The number of carbonyl (C=O) groups is 2. The number of nitrogens with zero attached hydrogens (tertiary/aromatic N) is 1. The Bertz CT molecular complexity index is 430. The lowest BCUT2D eigenvalue weighted by Crippen LogP contribution is -2.31. The maximum Gasteiger partial charge on any atom is 0.336 e. The SMILES string of the molecule is CCN(CC)C(=O)CSc1ccccc1C(=O)O. The van der Waals surface area contributed by atoms with E-state index in [0.717, 1.165) is 0 Å². The Kier molecular flexibility index (Phi) is 5.71. The first-order valence-electron chi connectivity index (χ1n) is 5.83. The highest BCUT2D eigenvalue weighted by molar-refractivity contribution is 8.00. The minimum atomic E-state index is -0.964. The van der Waals surface area contributed by atoms with Gasteiger partial charge in [-0.3, -0.25) is 4.79 Å². The molecule has 0 saturated heterocycles. The molecule has 5 heteroatoms. The van der Waals surface area contributed by atoms with Crippen molar-refractivity contribution in [1.29, 1.82) is 0 Å². The minimum Gasteiger partial charge on any atom is -0.478 e. The van der Waals surface area contributed by atoms with E-state index in [0.29, 0.717) is 18.0 Å². The van der Waals surface area contributed by atoms with Gasteiger partial charge < -0.3 is 10.0 Å². The first-order chi connectivity index (χ1) is 8.60. The molecule has 0 aliphatic heterocycles. The van der Waals surface area contributed by atoms with E-state index in [-0.39, 0.29) is 17.2 Å². The van der Waals surface area contributed by atoms with Crippen LogP contribution in [0.2, 0.25) is 0 Å². The number of aromatic carboxylic acids is 1. The van der Waals surface area contributed by atoms with Gasteiger partial charge in [-0.15, -0.1) is 11.8 Å². The van der Waals surface area contributed by atoms with E-state index < -0.39 is 5.97 Å². The van der Waals surface area contributed by atoms with Crippen molar-refractivity contribution in [3.63, 3.8) is 0 Å². The largest absolute Gasteiger partial charge is 0.478 e. The van der Waals surface area contributed by atoms with Crippen molar-refractivity contribution >= 4 is 23.6 Å². The van der Waals surface area contributed by atoms with Crippen LogP contribution in [0.3, 0.4) is 0 Å². The standard InChI is InChI=1S/C13H17NO3S/c1-3-14(4-2)12(15)9-18-11-8-6-5-7-10(11)13(16)17/h5-8H,3-4,9H2,1-2H3,(H,16,17). The summed E-state index contributed by atoms with van der Waals surface area (Å²) in [5.74, 6) is -0.662. The maximum atomic E-state index is 11.8. The average molecular weight is 267 g/mol. The fourth-order valence-electron chi connectivity index (χ4n) is 1.58. The molecule has 0 radical (unpaired) electrons. The maximum absolute atomic E-state index is 11.8. The van der Waals surface area contributed by atoms with Crippen LogP contribution in [-0.4, -0.2) is 40.7 Å². The number of thioether (sulfide) groups is 1. The predicted octanol–water partition coefficient (Wildman–Crippen LogP) is 2.35. The van der Waals surface area contributed by atoms with Crippen molar-refractivity contribution in [1.82, 2.24) is 4.90 Å². The zero-order chi connectivity index (χ0) is 13.5. The topological polar surface area (TPSA) is 57.6 Å². The van der Waals surface area contributed by atoms with Gasteiger partial charge in [0.15, 0.2) is 0 Å². The third kappa shape index (κ3) is 3.77. The Labute approximate surface area is 111 Å². The van der Waals surface area contributed by atoms with Crippen molar-refractivity contribution in [2.45, 2.75) is 18.7 Å². The quantitative estimate of drug-likeness (QED) is 0.804. The molecule has 0 bridgehead atoms. The molecule has 0 spiro atoms. The van der Waals surface area contributed by atoms with Gasteiger partial charge in [0, 0.05) is 18.0 Å². The van der Waals surface area contributed by atoms with E-state index in [2.05, 4.69) is 0 Å². The lowest BCUT2D eigenvalue weighted by Gasteiger charge is -2.18. The molecule has 1 amide bonds. The number of carboxylic acids is 1. The van der Waals surface area contributed by atoms with Gasteiger partial charge in [-0.1, -0.05) is 12.1 Å². The molecule has 0 unspecified atom stereocenters. The summed E-state index contributed by atoms with van der Waals surface area (Å²) in [4.78, 5) is 25.2. The van der Waals surface area contributed by atoms with E-state index in [1.807, 2.05) is 13.8 Å². The molecule has 0 fully saturated rings. The predicted molar refractivity (Wildman–Crippen MR) is 72.1 cm³/mol. The molecule has 1 N–H and O–H groups in total. The molecule has 0 aliphatic rings. The molecule has 1 aromatic carbocycles. The van der Waals surface area contributed by atoms with E-state index in [9.17, 15) is 9.59 Å². The Hall–Kier alpha value is -1.49. The third-order valence-electron chi connectivity index (χ3n) is 2.58. The third-order valence-corrected chi connectivity index (χ3v) is 3.64. The summed E-state index contributed by atoms with van der Waals surface area (Å²) in [5.41, 5.74) is 0.245. The van der Waals surface area contributed by atoms with Gasteiger partial charge in [-0.05, 0) is 26.0 Å². The highest BCUT2D eigenvalue weighted by Gasteiger charge is 2.13. The van der Waals surface area contributed by atoms with Crippen LogP contribution >= 0.6 is 11.8 Å². The minimum absolute atomic E-state index is 0.0326. The number of rotatable bonds is 6. The Balaban J connectivity index is 2.69. The summed E-state index contributed by atoms with van der Waals surface area (Å²) in [5, 5.41) is 9.02. The van der Waals surface area contributed by atoms with Gasteiger partial charge in [0.05, 0.1) is 11.3 Å². The highest BCUT2D eigenvalue weighted by atomic mass is 32.2. The van der Waals surface area contributed by atoms with Crippen LogP contribution in [0.15, 0.2) is 29.2 Å². The van der Waals surface area contributed by atoms with Crippen LogP contribution in [0.5, 0.6) is 0 Å². The average Bonchev–Trinajstić information content (AvgIpc) is 2.38. The van der Waals surface area contributed by atoms with Crippen LogP contribution in [-0.2, 0) is 4.79 Å². The normalized spacial score (nSPS) is 10.1. The molecule has 1 rings (SSSR count). The van der Waals surface area contributed by atoms with Gasteiger partial charge in [0.1, 0.15) is 0 Å². The monoisotopic (exact) mass is 267 g/mol. The summed E-state index contributed by atoms with van der Waals surface area (Å²) in [6.45, 7) is 5.21. The second-order valence-electron chi connectivity index (χ2n) is 3.66.